The maximum absolute atomic E-state index is 12.2. The summed E-state index contributed by atoms with van der Waals surface area (Å²) in [4.78, 5) is 12.2. The maximum atomic E-state index is 12.2. The van der Waals surface area contributed by atoms with E-state index in [1.165, 1.54) is 0 Å². The van der Waals surface area contributed by atoms with Crippen LogP contribution in [-0.2, 0) is 11.3 Å². The maximum Gasteiger partial charge on any atom is 0.338 e. The molecular formula is C22H23NO5. The number of ether oxygens (including phenoxy) is 3. The van der Waals surface area contributed by atoms with Gasteiger partial charge in [-0.15, -0.1) is 0 Å². The summed E-state index contributed by atoms with van der Waals surface area (Å²) < 4.78 is 21.4. The number of rotatable bonds is 9. The number of hydrogen-bond acceptors (Lipinski definition) is 6. The van der Waals surface area contributed by atoms with E-state index in [9.17, 15) is 4.79 Å². The van der Waals surface area contributed by atoms with Crippen molar-refractivity contribution in [1.29, 1.82) is 0 Å². The zero-order valence-electron chi connectivity index (χ0n) is 16.0. The smallest absolute Gasteiger partial charge is 0.338 e. The first-order valence-electron chi connectivity index (χ1n) is 9.19. The molecule has 3 rings (SSSR count). The number of benzene rings is 2. The van der Waals surface area contributed by atoms with Crippen molar-refractivity contribution in [3.05, 3.63) is 65.9 Å². The molecule has 0 radical (unpaired) electrons. The molecule has 0 saturated heterocycles. The molecule has 0 fully saturated rings. The Morgan fingerprint density at radius 1 is 1.04 bits per heavy atom. The van der Waals surface area contributed by atoms with E-state index in [-0.39, 0.29) is 6.61 Å². The van der Waals surface area contributed by atoms with E-state index in [0.29, 0.717) is 23.6 Å². The van der Waals surface area contributed by atoms with Crippen LogP contribution in [0.3, 0.4) is 0 Å². The van der Waals surface area contributed by atoms with Gasteiger partial charge in [-0.2, -0.15) is 0 Å². The Hall–Kier alpha value is -3.28. The second-order valence-corrected chi connectivity index (χ2v) is 6.21. The van der Waals surface area contributed by atoms with Crippen LogP contribution >= 0.6 is 0 Å². The number of nitrogens with zero attached hydrogens (tertiary/aromatic N) is 1. The molecule has 0 aliphatic rings. The van der Waals surface area contributed by atoms with E-state index in [1.807, 2.05) is 24.3 Å². The van der Waals surface area contributed by atoms with Crippen molar-refractivity contribution in [3.8, 4) is 22.8 Å². The standard InChI is InChI=1S/C22H23NO5/c1-3-4-13-26-20-11-7-17(8-12-20)22(24)27-15-18-14-21(28-23-18)16-5-9-19(25-2)10-6-16/h5-12,14H,3-4,13,15H2,1-2H3. The van der Waals surface area contributed by atoms with Crippen LogP contribution in [0.1, 0.15) is 35.8 Å². The van der Waals surface area contributed by atoms with E-state index in [4.69, 9.17) is 18.7 Å². The molecule has 146 valence electrons. The highest BCUT2D eigenvalue weighted by Crippen LogP contribution is 2.23. The van der Waals surface area contributed by atoms with Gasteiger partial charge in [0.25, 0.3) is 0 Å². The summed E-state index contributed by atoms with van der Waals surface area (Å²) in [5, 5.41) is 3.95. The van der Waals surface area contributed by atoms with Gasteiger partial charge in [0.2, 0.25) is 0 Å². The first-order valence-corrected chi connectivity index (χ1v) is 9.19. The van der Waals surface area contributed by atoms with Gasteiger partial charge in [0.15, 0.2) is 5.76 Å². The zero-order valence-corrected chi connectivity index (χ0v) is 16.0. The van der Waals surface area contributed by atoms with Crippen LogP contribution in [0, 0.1) is 0 Å². The van der Waals surface area contributed by atoms with Crippen LogP contribution in [0.15, 0.2) is 59.1 Å². The molecule has 0 unspecified atom stereocenters. The summed E-state index contributed by atoms with van der Waals surface area (Å²) in [7, 11) is 1.61. The van der Waals surface area contributed by atoms with Gasteiger partial charge < -0.3 is 18.7 Å². The van der Waals surface area contributed by atoms with Gasteiger partial charge in [-0.1, -0.05) is 18.5 Å². The fourth-order valence-corrected chi connectivity index (χ4v) is 2.52. The largest absolute Gasteiger partial charge is 0.497 e. The van der Waals surface area contributed by atoms with E-state index in [1.54, 1.807) is 37.4 Å². The molecule has 0 bridgehead atoms. The first kappa shape index (κ1) is 19.5. The van der Waals surface area contributed by atoms with Crippen LogP contribution < -0.4 is 9.47 Å². The van der Waals surface area contributed by atoms with Crippen LogP contribution in [0.2, 0.25) is 0 Å². The number of aromatic nitrogens is 1. The number of methoxy groups -OCH3 is 1. The van der Waals surface area contributed by atoms with Gasteiger partial charge >= 0.3 is 5.97 Å². The second kappa shape index (κ2) is 9.60. The molecule has 28 heavy (non-hydrogen) atoms. The topological polar surface area (TPSA) is 70.8 Å². The molecule has 0 amide bonds. The minimum absolute atomic E-state index is 0.0350. The lowest BCUT2D eigenvalue weighted by Gasteiger charge is -2.06. The number of unbranched alkanes of at least 4 members (excludes halogenated alkanes) is 1. The monoisotopic (exact) mass is 381 g/mol. The molecule has 6 nitrogen and oxygen atoms in total. The molecule has 0 aliphatic heterocycles. The quantitative estimate of drug-likeness (QED) is 0.388. The molecule has 0 aliphatic carbocycles. The van der Waals surface area contributed by atoms with E-state index in [0.717, 1.165) is 29.9 Å². The molecule has 3 aromatic rings. The Kier molecular flexibility index (Phi) is 6.68. The van der Waals surface area contributed by atoms with Crippen molar-refractivity contribution in [1.82, 2.24) is 5.16 Å². The van der Waals surface area contributed by atoms with Crippen molar-refractivity contribution < 1.29 is 23.5 Å². The van der Waals surface area contributed by atoms with Crippen LogP contribution in [0.25, 0.3) is 11.3 Å². The summed E-state index contributed by atoms with van der Waals surface area (Å²) in [6.45, 7) is 2.81. The van der Waals surface area contributed by atoms with Crippen LogP contribution in [0.4, 0.5) is 0 Å². The molecule has 1 aromatic heterocycles. The Labute approximate surface area is 164 Å². The van der Waals surface area contributed by atoms with Crippen LogP contribution in [0.5, 0.6) is 11.5 Å². The Morgan fingerprint density at radius 3 is 2.43 bits per heavy atom. The molecule has 0 N–H and O–H groups in total. The average Bonchev–Trinajstić information content (AvgIpc) is 3.22. The molecule has 6 heteroatoms. The first-order chi connectivity index (χ1) is 13.7. The summed E-state index contributed by atoms with van der Waals surface area (Å²) in [6, 6.07) is 16.1. The van der Waals surface area contributed by atoms with Gasteiger partial charge in [-0.3, -0.25) is 0 Å². The average molecular weight is 381 g/mol. The highest BCUT2D eigenvalue weighted by Gasteiger charge is 2.11. The van der Waals surface area contributed by atoms with E-state index < -0.39 is 5.97 Å². The predicted molar refractivity (Wildman–Crippen MR) is 104 cm³/mol. The second-order valence-electron chi connectivity index (χ2n) is 6.21. The molecule has 2 aromatic carbocycles. The van der Waals surface area contributed by atoms with Gasteiger partial charge in [0, 0.05) is 11.6 Å². The van der Waals surface area contributed by atoms with Crippen molar-refractivity contribution in [3.63, 3.8) is 0 Å². The lowest BCUT2D eigenvalue weighted by molar-refractivity contribution is 0.0464. The summed E-state index contributed by atoms with van der Waals surface area (Å²) >= 11 is 0. The Morgan fingerprint density at radius 2 is 1.75 bits per heavy atom. The van der Waals surface area contributed by atoms with Gasteiger partial charge in [0.1, 0.15) is 23.8 Å². The van der Waals surface area contributed by atoms with Crippen molar-refractivity contribution in [2.24, 2.45) is 0 Å². The number of hydrogen-bond donors (Lipinski definition) is 0. The zero-order chi connectivity index (χ0) is 19.8. The third-order valence-electron chi connectivity index (χ3n) is 4.14. The molecule has 0 atom stereocenters. The molecular weight excluding hydrogens is 358 g/mol. The lowest BCUT2D eigenvalue weighted by Crippen LogP contribution is -2.05. The lowest BCUT2D eigenvalue weighted by atomic mass is 10.1. The van der Waals surface area contributed by atoms with Crippen LogP contribution in [-0.4, -0.2) is 24.8 Å². The number of esters is 1. The van der Waals surface area contributed by atoms with Crippen molar-refractivity contribution in [2.45, 2.75) is 26.4 Å². The van der Waals surface area contributed by atoms with E-state index >= 15 is 0 Å². The molecule has 1 heterocycles. The molecule has 0 saturated carbocycles. The fourth-order valence-electron chi connectivity index (χ4n) is 2.52. The van der Waals surface area contributed by atoms with Gasteiger partial charge in [-0.25, -0.2) is 4.79 Å². The fraction of sp³-hybridized carbons (Fsp3) is 0.273. The third kappa shape index (κ3) is 5.13. The highest BCUT2D eigenvalue weighted by molar-refractivity contribution is 5.89. The molecule has 0 spiro atoms. The third-order valence-corrected chi connectivity index (χ3v) is 4.14. The summed E-state index contributed by atoms with van der Waals surface area (Å²) in [5.74, 6) is 1.68. The van der Waals surface area contributed by atoms with Crippen molar-refractivity contribution in [2.75, 3.05) is 13.7 Å². The Balaban J connectivity index is 1.53. The summed E-state index contributed by atoms with van der Waals surface area (Å²) in [5.41, 5.74) is 1.87. The SMILES string of the molecule is CCCCOc1ccc(C(=O)OCc2cc(-c3ccc(OC)cc3)on2)cc1. The predicted octanol–water partition coefficient (Wildman–Crippen LogP) is 4.89. The summed E-state index contributed by atoms with van der Waals surface area (Å²) in [6.07, 6.45) is 2.08. The van der Waals surface area contributed by atoms with Gasteiger partial charge in [0.05, 0.1) is 19.3 Å². The number of carbonyl (C=O) groups excluding carboxylic acids is 1. The normalized spacial score (nSPS) is 10.5. The number of carbonyl (C=O) groups is 1. The van der Waals surface area contributed by atoms with E-state index in [2.05, 4.69) is 12.1 Å². The highest BCUT2D eigenvalue weighted by atomic mass is 16.5. The minimum Gasteiger partial charge on any atom is -0.497 e. The van der Waals surface area contributed by atoms with Crippen molar-refractivity contribution >= 4 is 5.97 Å². The Bertz CT molecular complexity index is 884. The minimum atomic E-state index is -0.422. The van der Waals surface area contributed by atoms with Gasteiger partial charge in [-0.05, 0) is 55.0 Å².